The van der Waals surface area contributed by atoms with Crippen molar-refractivity contribution in [3.8, 4) is 50.2 Å². The SMILES string of the molecule is c1cc(-c2ccc(N(c3cccc(-c4cccc5oc6ccccc6c45)c3)c3ccccc3-c3cccc4ccccc34)cc2)cc(-c2cccc(-n3c4ccccc4c4ccccc43)c2)c1. The first-order valence-corrected chi connectivity index (χ1v) is 22.9. The van der Waals surface area contributed by atoms with Gasteiger partial charge in [0.05, 0.1) is 16.7 Å². The van der Waals surface area contributed by atoms with Gasteiger partial charge in [0.1, 0.15) is 11.2 Å². The lowest BCUT2D eigenvalue weighted by atomic mass is 9.95. The van der Waals surface area contributed by atoms with Gasteiger partial charge in [0.2, 0.25) is 0 Å². The number of nitrogens with zero attached hydrogens (tertiary/aromatic N) is 2. The Kier molecular flexibility index (Phi) is 9.17. The Labute approximate surface area is 388 Å². The van der Waals surface area contributed by atoms with E-state index in [1.54, 1.807) is 0 Å². The Morgan fingerprint density at radius 1 is 0.313 bits per heavy atom. The summed E-state index contributed by atoms with van der Waals surface area (Å²) in [6.45, 7) is 0. The molecule has 67 heavy (non-hydrogen) atoms. The van der Waals surface area contributed by atoms with Crippen LogP contribution >= 0.6 is 0 Å². The molecule has 3 heteroatoms. The Bertz CT molecular complexity index is 3950. The molecule has 0 radical (unpaired) electrons. The number of aromatic nitrogens is 1. The average Bonchev–Trinajstić information content (AvgIpc) is 3.95. The van der Waals surface area contributed by atoms with Gasteiger partial charge in [-0.3, -0.25) is 0 Å². The summed E-state index contributed by atoms with van der Waals surface area (Å²) in [4.78, 5) is 2.41. The Morgan fingerprint density at radius 3 is 1.69 bits per heavy atom. The maximum Gasteiger partial charge on any atom is 0.136 e. The molecule has 13 aromatic rings. The van der Waals surface area contributed by atoms with Crippen LogP contribution in [0.25, 0.3) is 105 Å². The number of benzene rings is 11. The van der Waals surface area contributed by atoms with E-state index in [-0.39, 0.29) is 0 Å². The lowest BCUT2D eigenvalue weighted by Gasteiger charge is -2.29. The standard InChI is InChI=1S/C64H42N2O/c1-2-24-52-44(16-1)17-14-30-54(52)55-25-3-7-31-59(55)65(50-22-13-21-48(42-50)53-29-15-35-63-64(53)58-28-6-10-34-62(58)67-63)49-38-36-43(37-39-49)45-18-11-19-46(40-45)47-20-12-23-51(41-47)66-60-32-8-4-26-56(60)57-27-5-9-33-61(57)66/h1-42H. The molecule has 0 aliphatic heterocycles. The minimum atomic E-state index is 0.887. The van der Waals surface area contributed by atoms with Gasteiger partial charge in [-0.2, -0.15) is 0 Å². The molecule has 0 bridgehead atoms. The molecule has 0 N–H and O–H groups in total. The fourth-order valence-corrected chi connectivity index (χ4v) is 10.3. The van der Waals surface area contributed by atoms with Crippen LogP contribution in [-0.4, -0.2) is 4.57 Å². The summed E-state index contributed by atoms with van der Waals surface area (Å²) < 4.78 is 8.73. The van der Waals surface area contributed by atoms with Crippen molar-refractivity contribution in [3.05, 3.63) is 255 Å². The predicted octanol–water partition coefficient (Wildman–Crippen LogP) is 18.0. The summed E-state index contributed by atoms with van der Waals surface area (Å²) in [5, 5.41) is 7.21. The molecular formula is C64H42N2O. The predicted molar refractivity (Wildman–Crippen MR) is 282 cm³/mol. The number of hydrogen-bond donors (Lipinski definition) is 0. The first kappa shape index (κ1) is 38.5. The number of hydrogen-bond acceptors (Lipinski definition) is 2. The molecule has 2 heterocycles. The smallest absolute Gasteiger partial charge is 0.136 e. The van der Waals surface area contributed by atoms with Gasteiger partial charge in [-0.1, -0.05) is 182 Å². The van der Waals surface area contributed by atoms with Crippen LogP contribution in [0.4, 0.5) is 17.1 Å². The van der Waals surface area contributed by atoms with Crippen LogP contribution in [0.5, 0.6) is 0 Å². The van der Waals surface area contributed by atoms with E-state index in [0.29, 0.717) is 0 Å². The van der Waals surface area contributed by atoms with Gasteiger partial charge in [-0.25, -0.2) is 0 Å². The van der Waals surface area contributed by atoms with Crippen molar-refractivity contribution in [3.63, 3.8) is 0 Å². The molecule has 0 aliphatic carbocycles. The largest absolute Gasteiger partial charge is 0.456 e. The van der Waals surface area contributed by atoms with Gasteiger partial charge in [-0.15, -0.1) is 0 Å². The highest BCUT2D eigenvalue weighted by Gasteiger charge is 2.21. The Morgan fingerprint density at radius 2 is 0.866 bits per heavy atom. The molecule has 0 atom stereocenters. The number of furan rings is 1. The van der Waals surface area contributed by atoms with Crippen LogP contribution in [0.15, 0.2) is 259 Å². The summed E-state index contributed by atoms with van der Waals surface area (Å²) in [6.07, 6.45) is 0. The van der Waals surface area contributed by atoms with Crippen molar-refractivity contribution in [1.82, 2.24) is 4.57 Å². The van der Waals surface area contributed by atoms with E-state index in [4.69, 9.17) is 4.42 Å². The number of para-hydroxylation sites is 4. The van der Waals surface area contributed by atoms with Crippen molar-refractivity contribution >= 4 is 71.6 Å². The zero-order chi connectivity index (χ0) is 44.3. The molecule has 0 saturated carbocycles. The van der Waals surface area contributed by atoms with Crippen molar-refractivity contribution in [2.75, 3.05) is 4.90 Å². The van der Waals surface area contributed by atoms with Crippen molar-refractivity contribution in [2.45, 2.75) is 0 Å². The summed E-state index contributed by atoms with van der Waals surface area (Å²) >= 11 is 0. The third-order valence-corrected chi connectivity index (χ3v) is 13.4. The minimum Gasteiger partial charge on any atom is -0.456 e. The van der Waals surface area contributed by atoms with Crippen LogP contribution in [0.3, 0.4) is 0 Å². The zero-order valence-corrected chi connectivity index (χ0v) is 36.6. The minimum absolute atomic E-state index is 0.887. The van der Waals surface area contributed by atoms with Gasteiger partial charge in [0, 0.05) is 44.2 Å². The Hall–Kier alpha value is -8.92. The van der Waals surface area contributed by atoms with Crippen molar-refractivity contribution < 1.29 is 4.42 Å². The first-order chi connectivity index (χ1) is 33.2. The van der Waals surface area contributed by atoms with Crippen LogP contribution in [0.2, 0.25) is 0 Å². The molecule has 11 aromatic carbocycles. The van der Waals surface area contributed by atoms with Gasteiger partial charge in [0.25, 0.3) is 0 Å². The van der Waals surface area contributed by atoms with Crippen molar-refractivity contribution in [2.24, 2.45) is 0 Å². The fourth-order valence-electron chi connectivity index (χ4n) is 10.3. The number of fused-ring (bicyclic) bond motifs is 7. The van der Waals surface area contributed by atoms with Crippen LogP contribution in [0.1, 0.15) is 0 Å². The zero-order valence-electron chi connectivity index (χ0n) is 36.6. The Balaban J connectivity index is 0.917. The highest BCUT2D eigenvalue weighted by Crippen LogP contribution is 2.45. The van der Waals surface area contributed by atoms with Crippen LogP contribution < -0.4 is 4.90 Å². The quantitative estimate of drug-likeness (QED) is 0.152. The highest BCUT2D eigenvalue weighted by atomic mass is 16.3. The van der Waals surface area contributed by atoms with E-state index in [2.05, 4.69) is 252 Å². The van der Waals surface area contributed by atoms with Gasteiger partial charge < -0.3 is 13.9 Å². The fraction of sp³-hybridized carbons (Fsp3) is 0. The summed E-state index contributed by atoms with van der Waals surface area (Å²) in [7, 11) is 0. The maximum atomic E-state index is 6.35. The third-order valence-electron chi connectivity index (χ3n) is 13.4. The lowest BCUT2D eigenvalue weighted by molar-refractivity contribution is 0.669. The van der Waals surface area contributed by atoms with E-state index in [0.717, 1.165) is 72.5 Å². The maximum absolute atomic E-state index is 6.35. The van der Waals surface area contributed by atoms with Crippen LogP contribution in [0, 0.1) is 0 Å². The van der Waals surface area contributed by atoms with E-state index in [1.165, 1.54) is 49.3 Å². The topological polar surface area (TPSA) is 21.3 Å². The molecule has 0 unspecified atom stereocenters. The first-order valence-electron chi connectivity index (χ1n) is 22.9. The summed E-state index contributed by atoms with van der Waals surface area (Å²) in [5.41, 5.74) is 17.8. The van der Waals surface area contributed by atoms with E-state index in [9.17, 15) is 0 Å². The van der Waals surface area contributed by atoms with E-state index >= 15 is 0 Å². The van der Waals surface area contributed by atoms with Crippen molar-refractivity contribution in [1.29, 1.82) is 0 Å². The third kappa shape index (κ3) is 6.59. The lowest BCUT2D eigenvalue weighted by Crippen LogP contribution is -2.11. The monoisotopic (exact) mass is 854 g/mol. The van der Waals surface area contributed by atoms with Gasteiger partial charge in [-0.05, 0) is 123 Å². The van der Waals surface area contributed by atoms with E-state index < -0.39 is 0 Å². The molecule has 0 fully saturated rings. The number of anilines is 3. The molecule has 314 valence electrons. The second kappa shape index (κ2) is 16.0. The normalized spacial score (nSPS) is 11.6. The number of rotatable bonds is 8. The molecule has 13 rings (SSSR count). The van der Waals surface area contributed by atoms with Crippen LogP contribution in [-0.2, 0) is 0 Å². The second-order valence-electron chi connectivity index (χ2n) is 17.3. The molecule has 2 aromatic heterocycles. The second-order valence-corrected chi connectivity index (χ2v) is 17.3. The molecule has 0 saturated heterocycles. The van der Waals surface area contributed by atoms with Gasteiger partial charge in [0.15, 0.2) is 0 Å². The van der Waals surface area contributed by atoms with E-state index in [1.807, 2.05) is 12.1 Å². The molecular weight excluding hydrogens is 813 g/mol. The summed E-state index contributed by atoms with van der Waals surface area (Å²) in [6, 6.07) is 92.0. The summed E-state index contributed by atoms with van der Waals surface area (Å²) in [5.74, 6) is 0. The average molecular weight is 855 g/mol. The molecule has 0 aliphatic rings. The van der Waals surface area contributed by atoms with Gasteiger partial charge >= 0.3 is 0 Å². The molecule has 0 amide bonds. The molecule has 0 spiro atoms. The molecule has 3 nitrogen and oxygen atoms in total. The highest BCUT2D eigenvalue weighted by molar-refractivity contribution is 6.13.